The molecule has 2 N–H and O–H groups in total. The van der Waals surface area contributed by atoms with Crippen molar-refractivity contribution in [1.82, 2.24) is 0 Å². The van der Waals surface area contributed by atoms with Crippen LogP contribution in [0.15, 0.2) is 36.1 Å². The van der Waals surface area contributed by atoms with E-state index in [1.54, 1.807) is 26.0 Å². The highest BCUT2D eigenvalue weighted by Crippen LogP contribution is 2.13. The summed E-state index contributed by atoms with van der Waals surface area (Å²) in [6, 6.07) is 7.19. The molecule has 3 heteroatoms. The Balaban J connectivity index is 2.79. The van der Waals surface area contributed by atoms with Gasteiger partial charge in [-0.2, -0.15) is 0 Å². The first kappa shape index (κ1) is 13.5. The Morgan fingerprint density at radius 2 is 1.94 bits per heavy atom. The molecule has 1 aromatic carbocycles. The molecule has 1 aromatic rings. The fourth-order valence-corrected chi connectivity index (χ4v) is 1.67. The number of benzene rings is 1. The Kier molecular flexibility index (Phi) is 4.91. The van der Waals surface area contributed by atoms with Gasteiger partial charge in [0.2, 0.25) is 0 Å². The Labute approximate surface area is 101 Å². The number of rotatable bonds is 5. The molecule has 92 valence electrons. The summed E-state index contributed by atoms with van der Waals surface area (Å²) >= 11 is 0. The first-order chi connectivity index (χ1) is 8.04. The molecule has 0 aliphatic rings. The van der Waals surface area contributed by atoms with Gasteiger partial charge in [-0.15, -0.1) is 0 Å². The molecule has 0 fully saturated rings. The molecule has 1 atom stereocenters. The Bertz CT molecular complexity index is 400. The first-order valence-electron chi connectivity index (χ1n) is 5.66. The van der Waals surface area contributed by atoms with Gasteiger partial charge < -0.3 is 10.2 Å². The molecule has 3 nitrogen and oxygen atoms in total. The molecule has 0 aromatic heterocycles. The van der Waals surface area contributed by atoms with E-state index in [4.69, 9.17) is 10.2 Å². The zero-order valence-electron chi connectivity index (χ0n) is 10.2. The molecule has 0 radical (unpaired) electrons. The number of hydrogen-bond donors (Lipinski definition) is 2. The zero-order chi connectivity index (χ0) is 12.8. The van der Waals surface area contributed by atoms with Gasteiger partial charge in [0.1, 0.15) is 0 Å². The molecular weight excluding hydrogens is 216 g/mol. The zero-order valence-corrected chi connectivity index (χ0v) is 10.2. The Hall–Kier alpha value is -1.61. The molecule has 0 saturated heterocycles. The van der Waals surface area contributed by atoms with E-state index in [1.807, 2.05) is 12.1 Å². The maximum absolute atomic E-state index is 11.9. The van der Waals surface area contributed by atoms with Crippen LogP contribution in [0.2, 0.25) is 0 Å². The van der Waals surface area contributed by atoms with Gasteiger partial charge in [0.15, 0.2) is 5.78 Å². The van der Waals surface area contributed by atoms with Crippen molar-refractivity contribution in [3.05, 3.63) is 47.2 Å². The van der Waals surface area contributed by atoms with Crippen molar-refractivity contribution in [2.45, 2.75) is 20.3 Å². The SMILES string of the molecule is CC(O)=CC(C)C(=O)c1ccc(CCO)cc1. The number of allylic oxidation sites excluding steroid dienone is 2. The predicted molar refractivity (Wildman–Crippen MR) is 67.1 cm³/mol. The molecule has 0 saturated carbocycles. The third-order valence-corrected chi connectivity index (χ3v) is 2.54. The highest BCUT2D eigenvalue weighted by atomic mass is 16.3. The third kappa shape index (κ3) is 4.04. The summed E-state index contributed by atoms with van der Waals surface area (Å²) in [4.78, 5) is 11.9. The second kappa shape index (κ2) is 6.21. The Morgan fingerprint density at radius 3 is 2.41 bits per heavy atom. The van der Waals surface area contributed by atoms with Crippen LogP contribution in [0.4, 0.5) is 0 Å². The normalized spacial score (nSPS) is 13.5. The van der Waals surface area contributed by atoms with Crippen molar-refractivity contribution < 1.29 is 15.0 Å². The van der Waals surface area contributed by atoms with Crippen LogP contribution in [0.25, 0.3) is 0 Å². The number of aliphatic hydroxyl groups excluding tert-OH is 2. The summed E-state index contributed by atoms with van der Waals surface area (Å²) in [5.41, 5.74) is 1.63. The molecule has 1 rings (SSSR count). The average molecular weight is 234 g/mol. The van der Waals surface area contributed by atoms with Crippen LogP contribution >= 0.6 is 0 Å². The predicted octanol–water partition coefficient (Wildman–Crippen LogP) is 2.50. The summed E-state index contributed by atoms with van der Waals surface area (Å²) < 4.78 is 0. The molecule has 0 aliphatic heterocycles. The van der Waals surface area contributed by atoms with Gasteiger partial charge in [0.25, 0.3) is 0 Å². The minimum Gasteiger partial charge on any atom is -0.513 e. The van der Waals surface area contributed by atoms with E-state index >= 15 is 0 Å². The summed E-state index contributed by atoms with van der Waals surface area (Å²) in [5, 5.41) is 17.9. The van der Waals surface area contributed by atoms with Gasteiger partial charge in [-0.05, 0) is 25.0 Å². The number of hydrogen-bond acceptors (Lipinski definition) is 3. The molecule has 0 amide bonds. The maximum atomic E-state index is 11.9. The van der Waals surface area contributed by atoms with Crippen molar-refractivity contribution in [3.8, 4) is 0 Å². The van der Waals surface area contributed by atoms with Crippen molar-refractivity contribution in [1.29, 1.82) is 0 Å². The number of Topliss-reactive ketones (excluding diaryl/α,β-unsaturated/α-hetero) is 1. The second-order valence-electron chi connectivity index (χ2n) is 4.13. The molecule has 0 aliphatic carbocycles. The lowest BCUT2D eigenvalue weighted by Gasteiger charge is -2.07. The van der Waals surface area contributed by atoms with Gasteiger partial charge in [0.05, 0.1) is 5.76 Å². The number of carbonyl (C=O) groups is 1. The van der Waals surface area contributed by atoms with Crippen LogP contribution in [-0.4, -0.2) is 22.6 Å². The van der Waals surface area contributed by atoms with E-state index in [0.29, 0.717) is 12.0 Å². The lowest BCUT2D eigenvalue weighted by Crippen LogP contribution is -2.09. The number of aliphatic hydroxyl groups is 2. The van der Waals surface area contributed by atoms with Gasteiger partial charge >= 0.3 is 0 Å². The fraction of sp³-hybridized carbons (Fsp3) is 0.357. The van der Waals surface area contributed by atoms with Crippen molar-refractivity contribution in [2.75, 3.05) is 6.61 Å². The van der Waals surface area contributed by atoms with Crippen LogP contribution in [0.3, 0.4) is 0 Å². The van der Waals surface area contributed by atoms with Crippen LogP contribution < -0.4 is 0 Å². The van der Waals surface area contributed by atoms with E-state index in [-0.39, 0.29) is 24.1 Å². The van der Waals surface area contributed by atoms with Crippen LogP contribution in [0.1, 0.15) is 29.8 Å². The van der Waals surface area contributed by atoms with Crippen molar-refractivity contribution in [2.24, 2.45) is 5.92 Å². The Morgan fingerprint density at radius 1 is 1.35 bits per heavy atom. The first-order valence-corrected chi connectivity index (χ1v) is 5.66. The van der Waals surface area contributed by atoms with Crippen molar-refractivity contribution in [3.63, 3.8) is 0 Å². The van der Waals surface area contributed by atoms with E-state index < -0.39 is 0 Å². The molecule has 17 heavy (non-hydrogen) atoms. The fourth-order valence-electron chi connectivity index (χ4n) is 1.67. The lowest BCUT2D eigenvalue weighted by molar-refractivity contribution is 0.0951. The minimum absolute atomic E-state index is 0.0195. The van der Waals surface area contributed by atoms with E-state index in [9.17, 15) is 4.79 Å². The monoisotopic (exact) mass is 234 g/mol. The summed E-state index contributed by atoms with van der Waals surface area (Å²) in [7, 11) is 0. The molecular formula is C14H18O3. The van der Waals surface area contributed by atoms with Gasteiger partial charge in [-0.1, -0.05) is 31.2 Å². The summed E-state index contributed by atoms with van der Waals surface area (Å²) in [6.07, 6.45) is 2.13. The highest BCUT2D eigenvalue weighted by molar-refractivity contribution is 5.98. The molecule has 0 spiro atoms. The highest BCUT2D eigenvalue weighted by Gasteiger charge is 2.12. The minimum atomic E-state index is -0.330. The average Bonchev–Trinajstić information content (AvgIpc) is 2.28. The van der Waals surface area contributed by atoms with Crippen LogP contribution in [0, 0.1) is 5.92 Å². The van der Waals surface area contributed by atoms with Gasteiger partial charge in [0, 0.05) is 18.1 Å². The third-order valence-electron chi connectivity index (χ3n) is 2.54. The van der Waals surface area contributed by atoms with E-state index in [0.717, 1.165) is 5.56 Å². The second-order valence-corrected chi connectivity index (χ2v) is 4.13. The van der Waals surface area contributed by atoms with E-state index in [1.165, 1.54) is 6.08 Å². The quantitative estimate of drug-likeness (QED) is 0.608. The maximum Gasteiger partial charge on any atom is 0.169 e. The van der Waals surface area contributed by atoms with Gasteiger partial charge in [-0.3, -0.25) is 4.79 Å². The lowest BCUT2D eigenvalue weighted by atomic mass is 9.97. The number of carbonyl (C=O) groups excluding carboxylic acids is 1. The van der Waals surface area contributed by atoms with Crippen molar-refractivity contribution >= 4 is 5.78 Å². The summed E-state index contributed by atoms with van der Waals surface area (Å²) in [5.74, 6) is -0.194. The van der Waals surface area contributed by atoms with Gasteiger partial charge in [-0.25, -0.2) is 0 Å². The largest absolute Gasteiger partial charge is 0.513 e. The van der Waals surface area contributed by atoms with Crippen LogP contribution in [-0.2, 0) is 6.42 Å². The van der Waals surface area contributed by atoms with E-state index in [2.05, 4.69) is 0 Å². The molecule has 0 heterocycles. The molecule has 0 bridgehead atoms. The smallest absolute Gasteiger partial charge is 0.169 e. The molecule has 1 unspecified atom stereocenters. The number of ketones is 1. The standard InChI is InChI=1S/C14H18O3/c1-10(9-11(2)16)14(17)13-5-3-12(4-6-13)7-8-15/h3-6,9-10,15-16H,7-8H2,1-2H3. The topological polar surface area (TPSA) is 57.5 Å². The van der Waals surface area contributed by atoms with Crippen LogP contribution in [0.5, 0.6) is 0 Å². The summed E-state index contributed by atoms with van der Waals surface area (Å²) in [6.45, 7) is 3.41.